The highest BCUT2D eigenvalue weighted by molar-refractivity contribution is 7.90. The molecular weight excluding hydrogens is 863 g/mol. The molecule has 2 N–H and O–H groups in total. The minimum Gasteiger partial charge on any atom is -0.399 e. The van der Waals surface area contributed by atoms with Gasteiger partial charge in [0.1, 0.15) is 0 Å². The maximum atomic E-state index is 14.8. The monoisotopic (exact) mass is 890 g/mol. The summed E-state index contributed by atoms with van der Waals surface area (Å²) in [5, 5.41) is -7.63. The van der Waals surface area contributed by atoms with Gasteiger partial charge in [-0.2, -0.15) is 83.3 Å². The highest BCUT2D eigenvalue weighted by atomic mass is 32.2. The lowest BCUT2D eigenvalue weighted by Crippen LogP contribution is -2.75. The van der Waals surface area contributed by atoms with Crippen molar-refractivity contribution in [3.63, 3.8) is 0 Å². The molecule has 57 heavy (non-hydrogen) atoms. The number of nitrogen functional groups attached to an aromatic ring is 1. The number of sulfonamides is 1. The smallest absolute Gasteiger partial charge is 0.399 e. The Morgan fingerprint density at radius 3 is 1.60 bits per heavy atom. The third-order valence-corrected chi connectivity index (χ3v) is 11.6. The lowest BCUT2D eigenvalue weighted by atomic mass is 9.91. The Bertz CT molecular complexity index is 1980. The second-order valence-electron chi connectivity index (χ2n) is 12.8. The van der Waals surface area contributed by atoms with Crippen LogP contribution in [0.3, 0.4) is 0 Å². The Hall–Kier alpha value is -3.88. The van der Waals surface area contributed by atoms with Crippen LogP contribution >= 0.6 is 11.5 Å². The number of rotatable bonds is 14. The molecule has 0 saturated carbocycles. The van der Waals surface area contributed by atoms with Crippen LogP contribution in [-0.4, -0.2) is 109 Å². The predicted molar refractivity (Wildman–Crippen MR) is 170 cm³/mol. The van der Waals surface area contributed by atoms with E-state index in [0.717, 1.165) is 16.2 Å². The molecule has 2 aromatic carbocycles. The van der Waals surface area contributed by atoms with E-state index in [2.05, 4.69) is 9.36 Å². The van der Waals surface area contributed by atoms with E-state index >= 15 is 0 Å². The molecule has 1 atom stereocenters. The van der Waals surface area contributed by atoms with Crippen LogP contribution in [-0.2, 0) is 16.4 Å². The van der Waals surface area contributed by atoms with Gasteiger partial charge in [-0.05, 0) is 41.8 Å². The van der Waals surface area contributed by atoms with E-state index in [4.69, 9.17) is 5.73 Å². The second-order valence-corrected chi connectivity index (χ2v) is 15.5. The van der Waals surface area contributed by atoms with Crippen molar-refractivity contribution >= 4 is 38.1 Å². The summed E-state index contributed by atoms with van der Waals surface area (Å²) >= 11 is 0.690. The fourth-order valence-electron chi connectivity index (χ4n) is 5.34. The molecule has 0 aliphatic carbocycles. The average molecular weight is 891 g/mol. The summed E-state index contributed by atoms with van der Waals surface area (Å²) in [7, 11) is -3.75. The van der Waals surface area contributed by atoms with Crippen molar-refractivity contribution in [1.82, 2.24) is 13.7 Å². The van der Waals surface area contributed by atoms with Gasteiger partial charge in [0.15, 0.2) is 5.82 Å². The third-order valence-electron chi connectivity index (χ3n) is 8.84. The minimum atomic E-state index is -8.89. The maximum absolute atomic E-state index is 14.8. The molecule has 0 amide bonds. The summed E-state index contributed by atoms with van der Waals surface area (Å²) in [4.78, 5) is 7.41. The van der Waals surface area contributed by atoms with E-state index in [1.165, 1.54) is 0 Å². The average Bonchev–Trinajstić information content (AvgIpc) is 3.60. The number of nitrogens with zero attached hydrogens (tertiary/aromatic N) is 5. The van der Waals surface area contributed by atoms with Crippen LogP contribution in [0.2, 0.25) is 0 Å². The summed E-state index contributed by atoms with van der Waals surface area (Å²) < 4.78 is 263. The van der Waals surface area contributed by atoms with E-state index in [1.54, 1.807) is 24.3 Å². The van der Waals surface area contributed by atoms with Gasteiger partial charge in [0.25, 0.3) is 10.0 Å². The van der Waals surface area contributed by atoms with Crippen LogP contribution in [0, 0.1) is 0 Å². The molecule has 0 bridgehead atoms. The molecule has 1 unspecified atom stereocenters. The number of aromatic nitrogens is 2. The fraction of sp³-hybridized carbons (Fsp3) is 0.533. The van der Waals surface area contributed by atoms with Crippen molar-refractivity contribution in [2.75, 3.05) is 55.8 Å². The first-order valence-electron chi connectivity index (χ1n) is 15.6. The molecule has 4 rings (SSSR count). The highest BCUT2D eigenvalue weighted by Gasteiger charge is 2.96. The molecule has 3 aromatic rings. The van der Waals surface area contributed by atoms with Gasteiger partial charge in [-0.3, -0.25) is 0 Å². The molecule has 1 aromatic heterocycles. The molecule has 0 radical (unpaired) electrons. The van der Waals surface area contributed by atoms with Gasteiger partial charge in [0, 0.05) is 69.1 Å². The zero-order valence-corrected chi connectivity index (χ0v) is 30.2. The van der Waals surface area contributed by atoms with Gasteiger partial charge < -0.3 is 15.5 Å². The predicted octanol–water partition coefficient (Wildman–Crippen LogP) is 7.98. The minimum absolute atomic E-state index is 0.0208. The standard InChI is InChI=1S/C30H27F17N6O2S2/c1-51(2)19-9-3-16(4-10-19)15-20(17-5-7-18(48)8-6-17)21-49-22(56-50-21)52-11-13-53(14-12-52)57(54,55)30(46,47)28(41,42)26(37,38)24(33,34)23(31,32)25(35,36)27(39,40)29(43,44)45/h3-10,20H,11-15,48H2,1-2H3. The lowest BCUT2D eigenvalue weighted by molar-refractivity contribution is -0.458. The molecule has 2 heterocycles. The van der Waals surface area contributed by atoms with Crippen molar-refractivity contribution in [1.29, 1.82) is 0 Å². The number of nitrogens with two attached hydrogens (primary N) is 1. The summed E-state index contributed by atoms with van der Waals surface area (Å²) in [5.74, 6) is -52.3. The van der Waals surface area contributed by atoms with E-state index in [-0.39, 0.29) is 11.0 Å². The zero-order valence-electron chi connectivity index (χ0n) is 28.6. The Labute approximate surface area is 315 Å². The molecule has 1 aliphatic rings. The van der Waals surface area contributed by atoms with E-state index < -0.39 is 93.4 Å². The van der Waals surface area contributed by atoms with Gasteiger partial charge >= 0.3 is 47.0 Å². The molecule has 27 heteroatoms. The molecule has 8 nitrogen and oxygen atoms in total. The first-order valence-corrected chi connectivity index (χ1v) is 17.8. The summed E-state index contributed by atoms with van der Waals surface area (Å²) in [6, 6.07) is 13.9. The van der Waals surface area contributed by atoms with Crippen molar-refractivity contribution in [2.24, 2.45) is 0 Å². The quantitative estimate of drug-likeness (QED) is 0.130. The van der Waals surface area contributed by atoms with E-state index in [1.807, 2.05) is 43.3 Å². The molecule has 1 saturated heterocycles. The molecular formula is C30H27F17N6O2S2. The Morgan fingerprint density at radius 2 is 1.14 bits per heavy atom. The Kier molecular flexibility index (Phi) is 11.8. The first kappa shape index (κ1) is 45.8. The second kappa shape index (κ2) is 14.7. The highest BCUT2D eigenvalue weighted by Crippen LogP contribution is 2.64. The van der Waals surface area contributed by atoms with Gasteiger partial charge in [-0.1, -0.05) is 24.3 Å². The van der Waals surface area contributed by atoms with Crippen molar-refractivity contribution < 1.29 is 83.1 Å². The van der Waals surface area contributed by atoms with Crippen LogP contribution in [0.25, 0.3) is 0 Å². The molecule has 1 fully saturated rings. The molecule has 1 aliphatic heterocycles. The number of benzene rings is 2. The topological polar surface area (TPSA) is 95.7 Å². The van der Waals surface area contributed by atoms with Crippen LogP contribution < -0.4 is 15.5 Å². The van der Waals surface area contributed by atoms with Crippen molar-refractivity contribution in [3.05, 3.63) is 65.5 Å². The number of piperazine rings is 1. The maximum Gasteiger partial charge on any atom is 0.460 e. The summed E-state index contributed by atoms with van der Waals surface area (Å²) in [5.41, 5.74) is 8.57. The number of hydrogen-bond donors (Lipinski definition) is 1. The first-order chi connectivity index (χ1) is 25.7. The third kappa shape index (κ3) is 7.39. The van der Waals surface area contributed by atoms with Crippen LogP contribution in [0.15, 0.2) is 48.5 Å². The van der Waals surface area contributed by atoms with Gasteiger partial charge in [0.2, 0.25) is 5.13 Å². The normalized spacial score (nSPS) is 16.9. The SMILES string of the molecule is CN(C)c1ccc(CC(c2ccc(N)cc2)c2nsc(N3CCN(S(=O)(=O)C(F)(F)C(F)(F)C(F)(F)C(F)(F)C(F)(F)C(F)(F)C(F)(F)C(F)(F)F)CC3)n2)cc1. The Balaban J connectivity index is 1.57. The number of halogens is 17. The van der Waals surface area contributed by atoms with E-state index in [0.29, 0.717) is 29.2 Å². The number of anilines is 3. The van der Waals surface area contributed by atoms with Crippen LogP contribution in [0.4, 0.5) is 91.1 Å². The Morgan fingerprint density at radius 1 is 0.684 bits per heavy atom. The summed E-state index contributed by atoms with van der Waals surface area (Å²) in [6.07, 6.45) is -7.60. The molecule has 0 spiro atoms. The number of hydrogen-bond acceptors (Lipinski definition) is 8. The fourth-order valence-corrected chi connectivity index (χ4v) is 7.54. The zero-order chi connectivity index (χ0) is 43.6. The van der Waals surface area contributed by atoms with Gasteiger partial charge in [-0.25, -0.2) is 13.4 Å². The van der Waals surface area contributed by atoms with Gasteiger partial charge in [-0.15, -0.1) is 0 Å². The molecule has 320 valence electrons. The number of alkyl halides is 17. The van der Waals surface area contributed by atoms with Crippen molar-refractivity contribution in [3.8, 4) is 0 Å². The lowest BCUT2D eigenvalue weighted by Gasteiger charge is -2.43. The van der Waals surface area contributed by atoms with Crippen LogP contribution in [0.1, 0.15) is 22.9 Å². The summed E-state index contributed by atoms with van der Waals surface area (Å²) in [6.45, 7) is -4.21. The van der Waals surface area contributed by atoms with E-state index in [9.17, 15) is 83.1 Å². The largest absolute Gasteiger partial charge is 0.460 e. The van der Waals surface area contributed by atoms with Crippen LogP contribution in [0.5, 0.6) is 0 Å². The van der Waals surface area contributed by atoms with Gasteiger partial charge in [0.05, 0.1) is 0 Å². The van der Waals surface area contributed by atoms with Crippen molar-refractivity contribution in [2.45, 2.75) is 59.3 Å².